The highest BCUT2D eigenvalue weighted by Gasteiger charge is 2.35. The number of aromatic nitrogens is 3. The first-order valence-electron chi connectivity index (χ1n) is 7.57. The van der Waals surface area contributed by atoms with E-state index in [1.807, 2.05) is 0 Å². The minimum atomic E-state index is -0.526. The lowest BCUT2D eigenvalue weighted by Crippen LogP contribution is -2.46. The Kier molecular flexibility index (Phi) is 4.25. The molecule has 4 rings (SSSR count). The van der Waals surface area contributed by atoms with E-state index in [0.29, 0.717) is 28.3 Å². The smallest absolute Gasteiger partial charge is 0.311 e. The van der Waals surface area contributed by atoms with E-state index in [2.05, 4.69) is 10.3 Å². The Morgan fingerprint density at radius 1 is 1.22 bits per heavy atom. The summed E-state index contributed by atoms with van der Waals surface area (Å²) in [4.78, 5) is 29.2. The van der Waals surface area contributed by atoms with E-state index in [9.17, 15) is 9.59 Å². The van der Waals surface area contributed by atoms with Crippen LogP contribution in [0.25, 0.3) is 11.2 Å². The van der Waals surface area contributed by atoms with E-state index in [0.717, 1.165) is 25.7 Å². The maximum Gasteiger partial charge on any atom is 0.318 e. The van der Waals surface area contributed by atoms with E-state index in [1.54, 1.807) is 17.7 Å². The number of nitrogens with zero attached hydrogens (tertiary/aromatic N) is 3. The molecular formula is C15H18Cl2N4O2. The first-order chi connectivity index (χ1) is 10.5. The highest BCUT2D eigenvalue weighted by Crippen LogP contribution is 2.34. The lowest BCUT2D eigenvalue weighted by Gasteiger charge is -2.31. The van der Waals surface area contributed by atoms with Crippen LogP contribution in [0.4, 0.5) is 0 Å². The van der Waals surface area contributed by atoms with E-state index < -0.39 is 11.1 Å². The number of rotatable bonds is 1. The third-order valence-corrected chi connectivity index (χ3v) is 5.13. The maximum absolute atomic E-state index is 12.6. The molecule has 6 nitrogen and oxygen atoms in total. The number of pyridine rings is 1. The van der Waals surface area contributed by atoms with Gasteiger partial charge in [0.05, 0.1) is 10.5 Å². The average molecular weight is 357 g/mol. The summed E-state index contributed by atoms with van der Waals surface area (Å²) in [6.45, 7) is 0. The number of hydrogen-bond donors (Lipinski definition) is 1. The van der Waals surface area contributed by atoms with Crippen LogP contribution in [-0.2, 0) is 7.05 Å². The molecule has 0 saturated carbocycles. The van der Waals surface area contributed by atoms with Crippen molar-refractivity contribution in [3.63, 3.8) is 0 Å². The fourth-order valence-electron chi connectivity index (χ4n) is 3.88. The van der Waals surface area contributed by atoms with Crippen molar-refractivity contribution in [3.05, 3.63) is 38.0 Å². The van der Waals surface area contributed by atoms with Crippen molar-refractivity contribution in [3.8, 4) is 0 Å². The molecule has 0 spiro atoms. The van der Waals surface area contributed by atoms with E-state index in [1.165, 1.54) is 10.8 Å². The zero-order valence-electron chi connectivity index (χ0n) is 12.7. The Bertz CT molecular complexity index is 864. The topological polar surface area (TPSA) is 68.9 Å². The molecule has 0 radical (unpaired) electrons. The maximum atomic E-state index is 12.6. The SMILES string of the molecule is Cl.Cn1c(=O)c(=O)n(C2C[C@H]3CC[C@@H](C2)N3)c2ncc(Cl)cc21. The van der Waals surface area contributed by atoms with Gasteiger partial charge in [-0.15, -0.1) is 12.4 Å². The quantitative estimate of drug-likeness (QED) is 0.788. The van der Waals surface area contributed by atoms with Crippen LogP contribution in [0.15, 0.2) is 21.9 Å². The molecule has 8 heteroatoms. The number of piperidine rings is 1. The predicted molar refractivity (Wildman–Crippen MR) is 91.7 cm³/mol. The van der Waals surface area contributed by atoms with Gasteiger partial charge >= 0.3 is 11.1 Å². The van der Waals surface area contributed by atoms with Crippen LogP contribution in [0, 0.1) is 0 Å². The second kappa shape index (κ2) is 5.92. The first kappa shape index (κ1) is 16.5. The van der Waals surface area contributed by atoms with Crippen molar-refractivity contribution in [1.82, 2.24) is 19.4 Å². The fourth-order valence-corrected chi connectivity index (χ4v) is 4.03. The Morgan fingerprint density at radius 3 is 2.52 bits per heavy atom. The summed E-state index contributed by atoms with van der Waals surface area (Å²) in [5, 5.41) is 4.01. The molecular weight excluding hydrogens is 339 g/mol. The minimum Gasteiger partial charge on any atom is -0.311 e. The Morgan fingerprint density at radius 2 is 1.87 bits per heavy atom. The molecule has 3 atom stereocenters. The van der Waals surface area contributed by atoms with Gasteiger partial charge in [-0.25, -0.2) is 4.98 Å². The summed E-state index contributed by atoms with van der Waals surface area (Å²) >= 11 is 6.00. The number of nitrogens with one attached hydrogen (secondary N) is 1. The lowest BCUT2D eigenvalue weighted by molar-refractivity contribution is 0.297. The normalized spacial score (nSPS) is 26.3. The van der Waals surface area contributed by atoms with Crippen LogP contribution >= 0.6 is 24.0 Å². The highest BCUT2D eigenvalue weighted by atomic mass is 35.5. The van der Waals surface area contributed by atoms with Crippen molar-refractivity contribution in [2.45, 2.75) is 43.8 Å². The van der Waals surface area contributed by atoms with Crippen molar-refractivity contribution >= 4 is 35.2 Å². The first-order valence-corrected chi connectivity index (χ1v) is 7.95. The number of aryl methyl sites for hydroxylation is 1. The summed E-state index contributed by atoms with van der Waals surface area (Å²) < 4.78 is 2.93. The van der Waals surface area contributed by atoms with Gasteiger partial charge in [0.1, 0.15) is 0 Å². The largest absolute Gasteiger partial charge is 0.318 e. The fraction of sp³-hybridized carbons (Fsp3) is 0.533. The predicted octanol–water partition coefficient (Wildman–Crippen LogP) is 1.63. The molecule has 2 saturated heterocycles. The molecule has 0 amide bonds. The van der Waals surface area contributed by atoms with Crippen LogP contribution in [-0.4, -0.2) is 26.2 Å². The zero-order chi connectivity index (χ0) is 15.4. The minimum absolute atomic E-state index is 0. The van der Waals surface area contributed by atoms with Gasteiger partial charge in [0, 0.05) is 31.4 Å². The summed E-state index contributed by atoms with van der Waals surface area (Å²) in [7, 11) is 1.58. The van der Waals surface area contributed by atoms with Crippen molar-refractivity contribution in [2.24, 2.45) is 7.05 Å². The average Bonchev–Trinajstić information content (AvgIpc) is 2.84. The van der Waals surface area contributed by atoms with Crippen LogP contribution in [0.2, 0.25) is 5.02 Å². The number of fused-ring (bicyclic) bond motifs is 3. The third-order valence-electron chi connectivity index (χ3n) is 4.92. The van der Waals surface area contributed by atoms with E-state index in [4.69, 9.17) is 11.6 Å². The lowest BCUT2D eigenvalue weighted by atomic mass is 9.99. The van der Waals surface area contributed by atoms with E-state index >= 15 is 0 Å². The van der Waals surface area contributed by atoms with Crippen LogP contribution in [0.5, 0.6) is 0 Å². The molecule has 2 aromatic heterocycles. The molecule has 0 aromatic carbocycles. The summed E-state index contributed by atoms with van der Waals surface area (Å²) in [5.41, 5.74) is 0.129. The third kappa shape index (κ3) is 2.58. The Labute approximate surface area is 143 Å². The molecule has 1 unspecified atom stereocenters. The van der Waals surface area contributed by atoms with Gasteiger partial charge in [0.2, 0.25) is 0 Å². The van der Waals surface area contributed by atoms with Crippen molar-refractivity contribution in [1.29, 1.82) is 0 Å². The summed E-state index contributed by atoms with van der Waals surface area (Å²) in [5.74, 6) is 0. The Balaban J connectivity index is 0.00000156. The summed E-state index contributed by atoms with van der Waals surface area (Å²) in [6.07, 6.45) is 5.53. The molecule has 1 N–H and O–H groups in total. The van der Waals surface area contributed by atoms with Gasteiger partial charge in [0.15, 0.2) is 5.65 Å². The zero-order valence-corrected chi connectivity index (χ0v) is 14.2. The molecule has 124 valence electrons. The molecule has 2 bridgehead atoms. The monoisotopic (exact) mass is 356 g/mol. The second-order valence-electron chi connectivity index (χ2n) is 6.30. The van der Waals surface area contributed by atoms with Gasteiger partial charge in [-0.05, 0) is 31.7 Å². The van der Waals surface area contributed by atoms with Gasteiger partial charge in [0.25, 0.3) is 0 Å². The molecule has 2 aliphatic heterocycles. The molecule has 2 fully saturated rings. The molecule has 4 heterocycles. The standard InChI is InChI=1S/C15H17ClN4O2.ClH/c1-19-12-4-8(16)7-17-13(12)20(15(22)14(19)21)11-5-9-2-3-10(6-11)18-9;/h4,7,9-11,18H,2-3,5-6H2,1H3;1H/t9-,10+,11?;. The number of hydrogen-bond acceptors (Lipinski definition) is 4. The van der Waals surface area contributed by atoms with Crippen LogP contribution in [0.3, 0.4) is 0 Å². The van der Waals surface area contributed by atoms with Gasteiger partial charge in [-0.2, -0.15) is 0 Å². The van der Waals surface area contributed by atoms with E-state index in [-0.39, 0.29) is 18.4 Å². The van der Waals surface area contributed by atoms with Crippen molar-refractivity contribution < 1.29 is 0 Å². The van der Waals surface area contributed by atoms with Gasteiger partial charge in [-0.3, -0.25) is 14.2 Å². The molecule has 2 aromatic rings. The number of halogens is 2. The summed E-state index contributed by atoms with van der Waals surface area (Å²) in [6, 6.07) is 2.58. The molecule has 23 heavy (non-hydrogen) atoms. The van der Waals surface area contributed by atoms with Crippen LogP contribution < -0.4 is 16.4 Å². The second-order valence-corrected chi connectivity index (χ2v) is 6.74. The Hall–Kier alpha value is -1.37. The van der Waals surface area contributed by atoms with Gasteiger partial charge < -0.3 is 9.88 Å². The van der Waals surface area contributed by atoms with Gasteiger partial charge in [-0.1, -0.05) is 11.6 Å². The molecule has 2 aliphatic rings. The van der Waals surface area contributed by atoms with Crippen molar-refractivity contribution in [2.75, 3.05) is 0 Å². The molecule has 0 aliphatic carbocycles. The van der Waals surface area contributed by atoms with Crippen LogP contribution in [0.1, 0.15) is 31.7 Å². The highest BCUT2D eigenvalue weighted by molar-refractivity contribution is 6.31.